The normalized spacial score (nSPS) is 13.5. The summed E-state index contributed by atoms with van der Waals surface area (Å²) >= 11 is 6.23. The predicted molar refractivity (Wildman–Crippen MR) is 110 cm³/mol. The largest absolute Gasteiger partial charge is 0.332 e. The summed E-state index contributed by atoms with van der Waals surface area (Å²) in [5.41, 5.74) is 2.69. The zero-order chi connectivity index (χ0) is 20.3. The predicted octanol–water partition coefficient (Wildman–Crippen LogP) is 3.49. The smallest absolute Gasteiger partial charge is 0.254 e. The molecule has 6 nitrogen and oxygen atoms in total. The number of hydrogen-bond acceptors (Lipinski definition) is 3. The first-order valence-corrected chi connectivity index (χ1v) is 9.45. The van der Waals surface area contributed by atoms with Crippen LogP contribution in [0.15, 0.2) is 42.5 Å². The molecule has 3 rings (SSSR count). The zero-order valence-electron chi connectivity index (χ0n) is 15.9. The molecule has 1 fully saturated rings. The van der Waals surface area contributed by atoms with Crippen molar-refractivity contribution in [1.29, 1.82) is 0 Å². The highest BCUT2D eigenvalue weighted by atomic mass is 35.5. The minimum atomic E-state index is -0.316. The van der Waals surface area contributed by atoms with Crippen molar-refractivity contribution < 1.29 is 14.4 Å². The minimum absolute atomic E-state index is 0.00247. The van der Waals surface area contributed by atoms with Gasteiger partial charge in [0, 0.05) is 31.3 Å². The maximum atomic E-state index is 12.7. The summed E-state index contributed by atoms with van der Waals surface area (Å²) in [6.07, 6.45) is 1.25. The van der Waals surface area contributed by atoms with Crippen LogP contribution >= 0.6 is 11.6 Å². The molecule has 0 atom stereocenters. The lowest BCUT2D eigenvalue weighted by atomic mass is 10.1. The van der Waals surface area contributed by atoms with Gasteiger partial charge >= 0.3 is 0 Å². The number of likely N-dealkylation sites (N-methyl/N-ethyl adjacent to an activating group) is 1. The topological polar surface area (TPSA) is 69.7 Å². The monoisotopic (exact) mass is 399 g/mol. The molecule has 28 heavy (non-hydrogen) atoms. The van der Waals surface area contributed by atoms with Crippen molar-refractivity contribution in [2.45, 2.75) is 19.8 Å². The van der Waals surface area contributed by atoms with E-state index in [1.54, 1.807) is 30.1 Å². The van der Waals surface area contributed by atoms with Gasteiger partial charge in [0.05, 0.1) is 17.3 Å². The van der Waals surface area contributed by atoms with Crippen molar-refractivity contribution in [3.05, 3.63) is 58.6 Å². The Bertz CT molecular complexity index is 912. The van der Waals surface area contributed by atoms with Gasteiger partial charge in [0.1, 0.15) is 0 Å². The number of nitrogens with one attached hydrogen (secondary N) is 1. The van der Waals surface area contributed by atoms with Crippen molar-refractivity contribution in [3.63, 3.8) is 0 Å². The number of hydrogen-bond donors (Lipinski definition) is 1. The lowest BCUT2D eigenvalue weighted by Gasteiger charge is -2.20. The van der Waals surface area contributed by atoms with E-state index in [-0.39, 0.29) is 24.3 Å². The first-order valence-electron chi connectivity index (χ1n) is 9.07. The van der Waals surface area contributed by atoms with Gasteiger partial charge in [0.15, 0.2) is 0 Å². The number of carbonyl (C=O) groups is 3. The Hall–Kier alpha value is -2.86. The van der Waals surface area contributed by atoms with Gasteiger partial charge in [-0.3, -0.25) is 14.4 Å². The zero-order valence-corrected chi connectivity index (χ0v) is 16.6. The number of amides is 3. The fraction of sp³-hybridized carbons (Fsp3) is 0.286. The Labute approximate surface area is 169 Å². The van der Waals surface area contributed by atoms with Crippen LogP contribution in [0.5, 0.6) is 0 Å². The molecule has 0 aliphatic carbocycles. The second-order valence-corrected chi connectivity index (χ2v) is 7.30. The van der Waals surface area contributed by atoms with Gasteiger partial charge < -0.3 is 15.1 Å². The number of benzene rings is 2. The molecule has 0 aromatic heterocycles. The fourth-order valence-electron chi connectivity index (χ4n) is 3.10. The minimum Gasteiger partial charge on any atom is -0.332 e. The molecule has 3 amide bonds. The molecule has 0 saturated carbocycles. The van der Waals surface area contributed by atoms with Crippen LogP contribution in [0.2, 0.25) is 5.02 Å². The van der Waals surface area contributed by atoms with E-state index in [0.29, 0.717) is 34.9 Å². The second kappa shape index (κ2) is 8.44. The van der Waals surface area contributed by atoms with E-state index in [1.807, 2.05) is 31.2 Å². The Kier molecular flexibility index (Phi) is 5.99. The summed E-state index contributed by atoms with van der Waals surface area (Å²) < 4.78 is 0. The third kappa shape index (κ3) is 4.51. The molecule has 0 radical (unpaired) electrons. The van der Waals surface area contributed by atoms with Crippen LogP contribution in [-0.2, 0) is 9.59 Å². The number of rotatable bonds is 5. The van der Waals surface area contributed by atoms with Gasteiger partial charge in [-0.25, -0.2) is 0 Å². The molecule has 146 valence electrons. The van der Waals surface area contributed by atoms with E-state index >= 15 is 0 Å². The van der Waals surface area contributed by atoms with Crippen molar-refractivity contribution >= 4 is 40.7 Å². The van der Waals surface area contributed by atoms with Crippen LogP contribution in [0.4, 0.5) is 11.4 Å². The first kappa shape index (κ1) is 19.9. The Balaban J connectivity index is 1.68. The highest BCUT2D eigenvalue weighted by Gasteiger charge is 2.25. The summed E-state index contributed by atoms with van der Waals surface area (Å²) in [7, 11) is 1.56. The summed E-state index contributed by atoms with van der Waals surface area (Å²) in [5, 5.41) is 3.19. The molecule has 0 unspecified atom stereocenters. The molecule has 1 aliphatic heterocycles. The number of anilines is 2. The van der Waals surface area contributed by atoms with Crippen LogP contribution in [-0.4, -0.2) is 42.8 Å². The molecular formula is C21H22ClN3O3. The molecule has 0 bridgehead atoms. The number of halogens is 1. The summed E-state index contributed by atoms with van der Waals surface area (Å²) in [6.45, 7) is 2.46. The van der Waals surface area contributed by atoms with Crippen molar-refractivity contribution in [3.8, 4) is 0 Å². The highest BCUT2D eigenvalue weighted by Crippen LogP contribution is 2.30. The third-order valence-corrected chi connectivity index (χ3v) is 4.94. The average Bonchev–Trinajstić information content (AvgIpc) is 3.09. The van der Waals surface area contributed by atoms with Gasteiger partial charge in [-0.15, -0.1) is 0 Å². The third-order valence-electron chi connectivity index (χ3n) is 4.62. The molecule has 1 heterocycles. The maximum absolute atomic E-state index is 12.7. The van der Waals surface area contributed by atoms with Gasteiger partial charge in [0.2, 0.25) is 11.8 Å². The summed E-state index contributed by atoms with van der Waals surface area (Å²) in [5.74, 6) is -0.607. The van der Waals surface area contributed by atoms with E-state index in [4.69, 9.17) is 11.6 Å². The quantitative estimate of drug-likeness (QED) is 0.836. The van der Waals surface area contributed by atoms with Crippen LogP contribution < -0.4 is 10.2 Å². The van der Waals surface area contributed by atoms with Gasteiger partial charge in [-0.05, 0) is 43.7 Å². The molecular weight excluding hydrogens is 378 g/mol. The molecule has 1 saturated heterocycles. The van der Waals surface area contributed by atoms with Crippen LogP contribution in [0.1, 0.15) is 28.8 Å². The number of aryl methyl sites for hydroxylation is 1. The molecule has 2 aromatic carbocycles. The lowest BCUT2D eigenvalue weighted by Crippen LogP contribution is -2.35. The van der Waals surface area contributed by atoms with Gasteiger partial charge in [-0.2, -0.15) is 0 Å². The second-order valence-electron chi connectivity index (χ2n) is 6.89. The van der Waals surface area contributed by atoms with Gasteiger partial charge in [0.25, 0.3) is 5.91 Å². The van der Waals surface area contributed by atoms with E-state index in [0.717, 1.165) is 12.0 Å². The van der Waals surface area contributed by atoms with Crippen molar-refractivity contribution in [1.82, 2.24) is 4.90 Å². The summed E-state index contributed by atoms with van der Waals surface area (Å²) in [4.78, 5) is 39.9. The molecule has 1 N–H and O–H groups in total. The SMILES string of the molecule is Cc1ccc(NC(=O)CN(C)C(=O)c2ccc(Cl)c(N3CCCC3=O)c2)cc1. The lowest BCUT2D eigenvalue weighted by molar-refractivity contribution is -0.117. The molecule has 2 aromatic rings. The first-order chi connectivity index (χ1) is 13.3. The van der Waals surface area contributed by atoms with E-state index < -0.39 is 0 Å². The van der Waals surface area contributed by atoms with Crippen molar-refractivity contribution in [2.75, 3.05) is 30.4 Å². The standard InChI is InChI=1S/C21H22ClN3O3/c1-14-5-8-16(9-6-14)23-19(26)13-24(2)21(28)15-7-10-17(22)18(12-15)25-11-3-4-20(25)27/h5-10,12H,3-4,11,13H2,1-2H3,(H,23,26). The Morgan fingerprint density at radius 3 is 2.54 bits per heavy atom. The number of carbonyl (C=O) groups excluding carboxylic acids is 3. The fourth-order valence-corrected chi connectivity index (χ4v) is 3.32. The Morgan fingerprint density at radius 1 is 1.18 bits per heavy atom. The van der Waals surface area contributed by atoms with E-state index in [1.165, 1.54) is 4.90 Å². The van der Waals surface area contributed by atoms with Crippen molar-refractivity contribution in [2.24, 2.45) is 0 Å². The molecule has 0 spiro atoms. The van der Waals surface area contributed by atoms with E-state index in [2.05, 4.69) is 5.32 Å². The average molecular weight is 400 g/mol. The van der Waals surface area contributed by atoms with Gasteiger partial charge in [-0.1, -0.05) is 29.3 Å². The maximum Gasteiger partial charge on any atom is 0.254 e. The van der Waals surface area contributed by atoms with Crippen LogP contribution in [0, 0.1) is 6.92 Å². The Morgan fingerprint density at radius 2 is 1.89 bits per heavy atom. The highest BCUT2D eigenvalue weighted by molar-refractivity contribution is 6.34. The van der Waals surface area contributed by atoms with Crippen LogP contribution in [0.25, 0.3) is 0 Å². The van der Waals surface area contributed by atoms with Crippen LogP contribution in [0.3, 0.4) is 0 Å². The molecule has 1 aliphatic rings. The molecule has 7 heteroatoms. The number of nitrogens with zero attached hydrogens (tertiary/aromatic N) is 2. The van der Waals surface area contributed by atoms with E-state index in [9.17, 15) is 14.4 Å². The summed E-state index contributed by atoms with van der Waals surface area (Å²) in [6, 6.07) is 12.3.